The normalized spacial score (nSPS) is 17.5. The summed E-state index contributed by atoms with van der Waals surface area (Å²) in [6.07, 6.45) is 1.67. The fourth-order valence-corrected chi connectivity index (χ4v) is 4.29. The number of carbonyl (C=O) groups is 1. The fourth-order valence-electron chi connectivity index (χ4n) is 4.29. The molecule has 1 N–H and O–H groups in total. The van der Waals surface area contributed by atoms with E-state index in [9.17, 15) is 9.90 Å². The SMILES string of the molecule is C/C=C(\C)N(CC)CCN(COC(C)C)C[C@@H](O)[C@@H]1Cc2ccccc2CN1C(=O)OC(C)(C)C. The smallest absolute Gasteiger partial charge is 0.410 e. The number of hydrogen-bond acceptors (Lipinski definition) is 6. The van der Waals surface area contributed by atoms with Crippen LogP contribution in [-0.2, 0) is 22.4 Å². The van der Waals surface area contributed by atoms with Gasteiger partial charge in [0.1, 0.15) is 5.60 Å². The van der Waals surface area contributed by atoms with Crippen molar-refractivity contribution >= 4 is 6.09 Å². The predicted octanol–water partition coefficient (Wildman–Crippen LogP) is 4.64. The molecule has 7 nitrogen and oxygen atoms in total. The maximum atomic E-state index is 13.1. The summed E-state index contributed by atoms with van der Waals surface area (Å²) in [6, 6.07) is 7.75. The molecule has 1 aromatic rings. The minimum Gasteiger partial charge on any atom is -0.444 e. The molecular weight excluding hydrogens is 442 g/mol. The van der Waals surface area contributed by atoms with Crippen molar-refractivity contribution in [1.82, 2.24) is 14.7 Å². The third-order valence-corrected chi connectivity index (χ3v) is 6.38. The lowest BCUT2D eigenvalue weighted by atomic mass is 9.91. The van der Waals surface area contributed by atoms with Crippen molar-refractivity contribution in [3.63, 3.8) is 0 Å². The molecule has 35 heavy (non-hydrogen) atoms. The summed E-state index contributed by atoms with van der Waals surface area (Å²) in [5, 5.41) is 11.5. The van der Waals surface area contributed by atoms with E-state index >= 15 is 0 Å². The third kappa shape index (κ3) is 9.13. The Hall–Kier alpha value is -2.09. The van der Waals surface area contributed by atoms with Crippen molar-refractivity contribution in [2.45, 2.75) is 92.2 Å². The average molecular weight is 490 g/mol. The summed E-state index contributed by atoms with van der Waals surface area (Å²) in [5.74, 6) is 0. The maximum Gasteiger partial charge on any atom is 0.410 e. The zero-order chi connectivity index (χ0) is 26.2. The number of rotatable bonds is 11. The van der Waals surface area contributed by atoms with Gasteiger partial charge in [-0.2, -0.15) is 0 Å². The van der Waals surface area contributed by atoms with E-state index in [0.29, 0.717) is 26.2 Å². The van der Waals surface area contributed by atoms with Gasteiger partial charge in [0, 0.05) is 38.4 Å². The molecule has 1 aliphatic heterocycles. The molecule has 0 spiro atoms. The number of aliphatic hydroxyl groups is 1. The highest BCUT2D eigenvalue weighted by Gasteiger charge is 2.37. The molecule has 0 saturated heterocycles. The molecule has 0 aliphatic carbocycles. The molecule has 2 atom stereocenters. The monoisotopic (exact) mass is 489 g/mol. The second-order valence-electron chi connectivity index (χ2n) is 10.6. The van der Waals surface area contributed by atoms with Crippen molar-refractivity contribution in [1.29, 1.82) is 0 Å². The molecule has 2 rings (SSSR count). The Labute approximate surface area is 212 Å². The highest BCUT2D eigenvalue weighted by atomic mass is 16.6. The minimum absolute atomic E-state index is 0.0917. The third-order valence-electron chi connectivity index (χ3n) is 6.38. The van der Waals surface area contributed by atoms with Gasteiger partial charge in [-0.05, 0) is 72.9 Å². The predicted molar refractivity (Wildman–Crippen MR) is 141 cm³/mol. The summed E-state index contributed by atoms with van der Waals surface area (Å²) in [6.45, 7) is 19.7. The number of fused-ring (bicyclic) bond motifs is 1. The summed E-state index contributed by atoms with van der Waals surface area (Å²) >= 11 is 0. The zero-order valence-electron chi connectivity index (χ0n) is 23.1. The average Bonchev–Trinajstić information content (AvgIpc) is 2.80. The first kappa shape index (κ1) is 29.1. The van der Waals surface area contributed by atoms with Crippen LogP contribution in [0, 0.1) is 0 Å². The topological polar surface area (TPSA) is 65.5 Å². The number of carbonyl (C=O) groups excluding carboxylic acids is 1. The van der Waals surface area contributed by atoms with E-state index < -0.39 is 11.7 Å². The molecule has 0 saturated carbocycles. The van der Waals surface area contributed by atoms with Crippen LogP contribution in [0.1, 0.15) is 66.5 Å². The van der Waals surface area contributed by atoms with Crippen LogP contribution in [0.25, 0.3) is 0 Å². The number of ether oxygens (including phenoxy) is 2. The molecule has 198 valence electrons. The molecule has 1 amide bonds. The van der Waals surface area contributed by atoms with Crippen LogP contribution in [0.2, 0.25) is 0 Å². The van der Waals surface area contributed by atoms with E-state index in [1.54, 1.807) is 4.90 Å². The first-order valence-electron chi connectivity index (χ1n) is 12.9. The van der Waals surface area contributed by atoms with Crippen LogP contribution in [0.4, 0.5) is 4.79 Å². The van der Waals surface area contributed by atoms with Gasteiger partial charge in [0.05, 0.1) is 25.0 Å². The van der Waals surface area contributed by atoms with Gasteiger partial charge in [-0.1, -0.05) is 30.3 Å². The number of benzene rings is 1. The first-order chi connectivity index (χ1) is 16.4. The van der Waals surface area contributed by atoms with E-state index in [2.05, 4.69) is 35.8 Å². The van der Waals surface area contributed by atoms with Crippen molar-refractivity contribution in [2.75, 3.05) is 32.9 Å². The minimum atomic E-state index is -0.746. The highest BCUT2D eigenvalue weighted by Crippen LogP contribution is 2.27. The zero-order valence-corrected chi connectivity index (χ0v) is 23.1. The second-order valence-corrected chi connectivity index (χ2v) is 10.6. The van der Waals surface area contributed by atoms with E-state index in [4.69, 9.17) is 9.47 Å². The lowest BCUT2D eigenvalue weighted by molar-refractivity contribution is -0.0485. The van der Waals surface area contributed by atoms with Crippen molar-refractivity contribution in [3.05, 3.63) is 47.2 Å². The molecule has 1 heterocycles. The largest absolute Gasteiger partial charge is 0.444 e. The molecule has 0 unspecified atom stereocenters. The molecule has 1 aliphatic rings. The quantitative estimate of drug-likeness (QED) is 0.457. The Morgan fingerprint density at radius 1 is 1.23 bits per heavy atom. The van der Waals surface area contributed by atoms with Gasteiger partial charge in [0.15, 0.2) is 0 Å². The lowest BCUT2D eigenvalue weighted by Crippen LogP contribution is -2.55. The Morgan fingerprint density at radius 2 is 1.89 bits per heavy atom. The maximum absolute atomic E-state index is 13.1. The standard InChI is InChI=1S/C28H47N3O4/c1-9-22(5)30(10-2)16-15-29(20-34-21(3)4)19-26(32)25-17-23-13-11-12-14-24(23)18-31(25)27(33)35-28(6,7)8/h9,11-14,21,25-26,32H,10,15-20H2,1-8H3/b22-9+/t25-,26+/m0/s1. The van der Waals surface area contributed by atoms with Crippen molar-refractivity contribution in [3.8, 4) is 0 Å². The molecule has 7 heteroatoms. The van der Waals surface area contributed by atoms with Gasteiger partial charge in [-0.25, -0.2) is 4.79 Å². The molecule has 0 bridgehead atoms. The Bertz CT molecular complexity index is 834. The molecule has 0 radical (unpaired) electrons. The van der Waals surface area contributed by atoms with Crippen LogP contribution >= 0.6 is 0 Å². The van der Waals surface area contributed by atoms with Crippen molar-refractivity contribution < 1.29 is 19.4 Å². The Kier molecular flexibility index (Phi) is 11.1. The molecule has 0 fully saturated rings. The van der Waals surface area contributed by atoms with E-state index in [1.807, 2.05) is 59.7 Å². The molecular formula is C28H47N3O4. The van der Waals surface area contributed by atoms with Gasteiger partial charge >= 0.3 is 6.09 Å². The van der Waals surface area contributed by atoms with Crippen LogP contribution in [-0.4, -0.2) is 82.7 Å². The summed E-state index contributed by atoms with van der Waals surface area (Å²) < 4.78 is 11.6. The van der Waals surface area contributed by atoms with Gasteiger partial charge < -0.3 is 19.5 Å². The van der Waals surface area contributed by atoms with Crippen LogP contribution < -0.4 is 0 Å². The van der Waals surface area contributed by atoms with E-state index in [0.717, 1.165) is 25.2 Å². The number of amides is 1. The molecule has 1 aromatic carbocycles. The fraction of sp³-hybridized carbons (Fsp3) is 0.679. The molecule has 0 aromatic heterocycles. The number of nitrogens with zero attached hydrogens (tertiary/aromatic N) is 3. The van der Waals surface area contributed by atoms with Gasteiger partial charge in [0.25, 0.3) is 0 Å². The van der Waals surface area contributed by atoms with Gasteiger partial charge in [-0.15, -0.1) is 0 Å². The summed E-state index contributed by atoms with van der Waals surface area (Å²) in [4.78, 5) is 19.3. The van der Waals surface area contributed by atoms with E-state index in [-0.39, 0.29) is 18.2 Å². The Morgan fingerprint density at radius 3 is 2.46 bits per heavy atom. The van der Waals surface area contributed by atoms with Gasteiger partial charge in [0.2, 0.25) is 0 Å². The van der Waals surface area contributed by atoms with Crippen molar-refractivity contribution in [2.24, 2.45) is 0 Å². The van der Waals surface area contributed by atoms with Crippen LogP contribution in [0.15, 0.2) is 36.0 Å². The van der Waals surface area contributed by atoms with E-state index in [1.165, 1.54) is 11.3 Å². The lowest BCUT2D eigenvalue weighted by Gasteiger charge is -2.41. The number of likely N-dealkylation sites (N-methyl/N-ethyl adjacent to an activating group) is 1. The Balaban J connectivity index is 2.21. The van der Waals surface area contributed by atoms with Crippen LogP contribution in [0.5, 0.6) is 0 Å². The summed E-state index contributed by atoms with van der Waals surface area (Å²) in [5.41, 5.74) is 2.90. The number of aliphatic hydroxyl groups excluding tert-OH is 1. The second kappa shape index (κ2) is 13.3. The first-order valence-corrected chi connectivity index (χ1v) is 12.9. The van der Waals surface area contributed by atoms with Crippen LogP contribution in [0.3, 0.4) is 0 Å². The number of hydrogen-bond donors (Lipinski definition) is 1. The highest BCUT2D eigenvalue weighted by molar-refractivity contribution is 5.69. The number of allylic oxidation sites excluding steroid dienone is 2. The van der Waals surface area contributed by atoms with Gasteiger partial charge in [-0.3, -0.25) is 9.80 Å². The summed E-state index contributed by atoms with van der Waals surface area (Å²) in [7, 11) is 0.